The van der Waals surface area contributed by atoms with Gasteiger partial charge in [0.05, 0.1) is 4.91 Å². The molecule has 1 saturated heterocycles. The number of hydrogen-bond acceptors (Lipinski definition) is 5. The quantitative estimate of drug-likeness (QED) is 0.312. The van der Waals surface area contributed by atoms with Gasteiger partial charge in [0.25, 0.3) is 5.91 Å². The zero-order valence-corrected chi connectivity index (χ0v) is 19.4. The number of phenolic OH excluding ortho intramolecular Hbond substituents is 1. The van der Waals surface area contributed by atoms with E-state index in [4.69, 9.17) is 35.4 Å². The molecule has 0 atom stereocenters. The Morgan fingerprint density at radius 3 is 2.60 bits per heavy atom. The topological polar surface area (TPSA) is 40.5 Å². The normalized spacial score (nSPS) is 15.4. The predicted molar refractivity (Wildman–Crippen MR) is 131 cm³/mol. The van der Waals surface area contributed by atoms with Crippen LogP contribution >= 0.6 is 58.5 Å². The maximum atomic E-state index is 12.8. The number of hydrogen-bond donors (Lipinski definition) is 1. The average Bonchev–Trinajstić information content (AvgIpc) is 3.27. The first kappa shape index (κ1) is 21.4. The Morgan fingerprint density at radius 1 is 1.10 bits per heavy atom. The summed E-state index contributed by atoms with van der Waals surface area (Å²) in [6, 6.07) is 14.4. The van der Waals surface area contributed by atoms with E-state index < -0.39 is 0 Å². The van der Waals surface area contributed by atoms with Crippen LogP contribution in [-0.2, 0) is 11.2 Å². The van der Waals surface area contributed by atoms with Crippen LogP contribution in [0.5, 0.6) is 5.75 Å². The van der Waals surface area contributed by atoms with Gasteiger partial charge in [-0.2, -0.15) is 0 Å². The van der Waals surface area contributed by atoms with E-state index in [0.717, 1.165) is 21.6 Å². The molecule has 0 radical (unpaired) electrons. The summed E-state index contributed by atoms with van der Waals surface area (Å²) in [6.07, 6.45) is 2.54. The first-order chi connectivity index (χ1) is 14.4. The van der Waals surface area contributed by atoms with Gasteiger partial charge in [0.2, 0.25) is 0 Å². The summed E-state index contributed by atoms with van der Waals surface area (Å²) in [6.45, 7) is 0.503. The van der Waals surface area contributed by atoms with E-state index in [1.807, 2.05) is 35.7 Å². The highest BCUT2D eigenvalue weighted by Gasteiger charge is 2.31. The Balaban J connectivity index is 1.48. The van der Waals surface area contributed by atoms with Crippen LogP contribution in [0.2, 0.25) is 10.0 Å². The Bertz CT molecular complexity index is 1160. The molecule has 8 heteroatoms. The lowest BCUT2D eigenvalue weighted by atomic mass is 10.1. The van der Waals surface area contributed by atoms with Crippen molar-refractivity contribution in [1.29, 1.82) is 0 Å². The molecular weight excluding hydrogens is 477 g/mol. The van der Waals surface area contributed by atoms with Crippen LogP contribution < -0.4 is 0 Å². The van der Waals surface area contributed by atoms with E-state index >= 15 is 0 Å². The molecule has 1 aromatic heterocycles. The van der Waals surface area contributed by atoms with Gasteiger partial charge < -0.3 is 5.11 Å². The Morgan fingerprint density at radius 2 is 1.87 bits per heavy atom. The minimum Gasteiger partial charge on any atom is -0.508 e. The molecule has 1 aliphatic rings. The number of carbonyl (C=O) groups excluding carboxylic acids is 1. The number of thiocarbonyl (C=S) groups is 1. The van der Waals surface area contributed by atoms with Gasteiger partial charge in [-0.3, -0.25) is 9.69 Å². The molecule has 3 nitrogen and oxygen atoms in total. The van der Waals surface area contributed by atoms with Gasteiger partial charge in [-0.15, -0.1) is 11.3 Å². The Hall–Kier alpha value is -1.83. The predicted octanol–water partition coefficient (Wildman–Crippen LogP) is 6.87. The summed E-state index contributed by atoms with van der Waals surface area (Å²) in [4.78, 5) is 16.0. The van der Waals surface area contributed by atoms with Crippen LogP contribution in [0, 0.1) is 0 Å². The van der Waals surface area contributed by atoms with Gasteiger partial charge in [-0.25, -0.2) is 0 Å². The molecule has 1 N–H and O–H groups in total. The zero-order valence-electron chi connectivity index (χ0n) is 15.5. The van der Waals surface area contributed by atoms with Gasteiger partial charge in [-0.1, -0.05) is 65.4 Å². The van der Waals surface area contributed by atoms with Crippen molar-refractivity contribution in [2.24, 2.45) is 0 Å². The summed E-state index contributed by atoms with van der Waals surface area (Å²) in [5.41, 5.74) is 2.92. The second kappa shape index (κ2) is 9.12. The van der Waals surface area contributed by atoms with Gasteiger partial charge in [0.15, 0.2) is 0 Å². The van der Waals surface area contributed by atoms with Crippen molar-refractivity contribution in [2.45, 2.75) is 6.42 Å². The molecule has 1 aliphatic heterocycles. The molecule has 2 aromatic carbocycles. The Labute approximate surface area is 197 Å². The van der Waals surface area contributed by atoms with Crippen LogP contribution in [0.3, 0.4) is 0 Å². The van der Waals surface area contributed by atoms with E-state index in [-0.39, 0.29) is 11.7 Å². The fourth-order valence-corrected chi connectivity index (χ4v) is 5.75. The van der Waals surface area contributed by atoms with Crippen molar-refractivity contribution in [2.75, 3.05) is 6.54 Å². The number of nitrogens with zero attached hydrogens (tertiary/aromatic N) is 1. The molecule has 1 amide bonds. The molecule has 152 valence electrons. The molecule has 0 saturated carbocycles. The molecule has 4 rings (SSSR count). The highest BCUT2D eigenvalue weighted by molar-refractivity contribution is 8.26. The van der Waals surface area contributed by atoms with Crippen molar-refractivity contribution in [1.82, 2.24) is 4.90 Å². The number of thioether (sulfide) groups is 1. The second-order valence-corrected chi connectivity index (χ2v) is 10.1. The first-order valence-electron chi connectivity index (χ1n) is 8.98. The largest absolute Gasteiger partial charge is 0.508 e. The Kier molecular flexibility index (Phi) is 6.51. The van der Waals surface area contributed by atoms with Crippen LogP contribution in [0.25, 0.3) is 17.2 Å². The standard InChI is InChI=1S/C22H15Cl2NO2S3/c23-15-3-6-18(19(24)10-15)14-9-17(29-12-14)11-20-21(27)25(22(28)30-20)8-7-13-1-4-16(26)5-2-13/h1-6,9-12,26H,7-8H2/b20-11-. The minimum absolute atomic E-state index is 0.0803. The number of rotatable bonds is 5. The number of carbonyl (C=O) groups is 1. The lowest BCUT2D eigenvalue weighted by Gasteiger charge is -2.14. The van der Waals surface area contributed by atoms with Gasteiger partial charge in [0, 0.05) is 27.0 Å². The number of thiophene rings is 1. The number of phenols is 1. The highest BCUT2D eigenvalue weighted by atomic mass is 35.5. The third kappa shape index (κ3) is 4.74. The SMILES string of the molecule is O=C1/C(=C/c2cc(-c3ccc(Cl)cc3Cl)cs2)SC(=S)N1CCc1ccc(O)cc1. The zero-order chi connectivity index (χ0) is 21.3. The molecule has 0 spiro atoms. The maximum Gasteiger partial charge on any atom is 0.266 e. The van der Waals surface area contributed by atoms with Crippen molar-refractivity contribution < 1.29 is 9.90 Å². The highest BCUT2D eigenvalue weighted by Crippen LogP contribution is 2.37. The molecule has 0 unspecified atom stereocenters. The molecule has 0 aliphatic carbocycles. The maximum absolute atomic E-state index is 12.8. The molecule has 1 fully saturated rings. The molecule has 3 aromatic rings. The number of halogens is 2. The molecule has 30 heavy (non-hydrogen) atoms. The smallest absolute Gasteiger partial charge is 0.266 e. The molecular formula is C22H15Cl2NO2S3. The lowest BCUT2D eigenvalue weighted by molar-refractivity contribution is -0.122. The summed E-state index contributed by atoms with van der Waals surface area (Å²) >= 11 is 20.6. The van der Waals surface area contributed by atoms with Gasteiger partial charge >= 0.3 is 0 Å². The fraction of sp³-hybridized carbons (Fsp3) is 0.0909. The van der Waals surface area contributed by atoms with Crippen LogP contribution in [-0.4, -0.2) is 26.8 Å². The summed E-state index contributed by atoms with van der Waals surface area (Å²) in [5.74, 6) is 0.144. The van der Waals surface area contributed by atoms with E-state index in [0.29, 0.717) is 32.2 Å². The van der Waals surface area contributed by atoms with Crippen LogP contribution in [0.4, 0.5) is 0 Å². The monoisotopic (exact) mass is 491 g/mol. The number of aromatic hydroxyl groups is 1. The third-order valence-electron chi connectivity index (χ3n) is 4.57. The van der Waals surface area contributed by atoms with Crippen molar-refractivity contribution in [3.05, 3.63) is 79.3 Å². The fourth-order valence-electron chi connectivity index (χ4n) is 3.02. The lowest BCUT2D eigenvalue weighted by Crippen LogP contribution is -2.30. The molecule has 0 bridgehead atoms. The van der Waals surface area contributed by atoms with E-state index in [1.54, 1.807) is 40.5 Å². The van der Waals surface area contributed by atoms with Crippen LogP contribution in [0.15, 0.2) is 58.8 Å². The van der Waals surface area contributed by atoms with Gasteiger partial charge in [0.1, 0.15) is 10.1 Å². The summed E-state index contributed by atoms with van der Waals surface area (Å²) in [5, 5.41) is 12.6. The van der Waals surface area contributed by atoms with Gasteiger partial charge in [-0.05, 0) is 59.3 Å². The van der Waals surface area contributed by atoms with E-state index in [9.17, 15) is 9.90 Å². The molecule has 2 heterocycles. The van der Waals surface area contributed by atoms with Crippen molar-refractivity contribution in [3.63, 3.8) is 0 Å². The van der Waals surface area contributed by atoms with Crippen molar-refractivity contribution >= 4 is 74.8 Å². The summed E-state index contributed by atoms with van der Waals surface area (Å²) < 4.78 is 0.558. The van der Waals surface area contributed by atoms with Crippen molar-refractivity contribution in [3.8, 4) is 16.9 Å². The first-order valence-corrected chi connectivity index (χ1v) is 11.8. The average molecular weight is 492 g/mol. The van der Waals surface area contributed by atoms with Crippen LogP contribution in [0.1, 0.15) is 10.4 Å². The second-order valence-electron chi connectivity index (χ2n) is 6.61. The number of benzene rings is 2. The third-order valence-corrected chi connectivity index (χ3v) is 7.37. The van der Waals surface area contributed by atoms with E-state index in [2.05, 4.69) is 0 Å². The summed E-state index contributed by atoms with van der Waals surface area (Å²) in [7, 11) is 0. The van der Waals surface area contributed by atoms with E-state index in [1.165, 1.54) is 11.8 Å². The minimum atomic E-state index is -0.0803. The number of amides is 1.